The van der Waals surface area contributed by atoms with Crippen molar-refractivity contribution in [2.45, 2.75) is 386 Å². The van der Waals surface area contributed by atoms with E-state index in [4.69, 9.17) is 14.2 Å². The molecule has 0 heterocycles. The van der Waals surface area contributed by atoms with Gasteiger partial charge in [-0.1, -0.05) is 307 Å². The van der Waals surface area contributed by atoms with Gasteiger partial charge in [-0.25, -0.2) is 0 Å². The number of carbonyl (C=O) groups excluding carboxylic acids is 3. The van der Waals surface area contributed by atoms with Crippen LogP contribution in [-0.4, -0.2) is 37.2 Å². The Morgan fingerprint density at radius 3 is 0.747 bits per heavy atom. The zero-order chi connectivity index (χ0) is 57.1. The predicted octanol–water partition coefficient (Wildman–Crippen LogP) is 24.1. The monoisotopic (exact) mass is 1110 g/mol. The van der Waals surface area contributed by atoms with E-state index in [0.29, 0.717) is 19.3 Å². The lowest BCUT2D eigenvalue weighted by Crippen LogP contribution is -2.30. The Labute approximate surface area is 492 Å². The fourth-order valence-electron chi connectivity index (χ4n) is 10.5. The maximum absolute atomic E-state index is 12.9. The lowest BCUT2D eigenvalue weighted by Gasteiger charge is -2.18. The summed E-state index contributed by atoms with van der Waals surface area (Å²) in [6.07, 6.45) is 85.9. The Balaban J connectivity index is 4.09. The average Bonchev–Trinajstić information content (AvgIpc) is 3.45. The molecule has 0 rings (SSSR count). The molecule has 79 heavy (non-hydrogen) atoms. The third-order valence-electron chi connectivity index (χ3n) is 15.8. The van der Waals surface area contributed by atoms with Gasteiger partial charge in [0.15, 0.2) is 6.10 Å². The zero-order valence-electron chi connectivity index (χ0n) is 53.2. The summed E-state index contributed by atoms with van der Waals surface area (Å²) in [5.41, 5.74) is 0. The summed E-state index contributed by atoms with van der Waals surface area (Å²) < 4.78 is 16.9. The molecule has 0 aromatic heterocycles. The minimum absolute atomic E-state index is 0.0779. The molecule has 0 radical (unpaired) electrons. The molecule has 0 amide bonds. The fraction of sp³-hybridized carbons (Fsp3) is 0.849. The topological polar surface area (TPSA) is 78.9 Å². The predicted molar refractivity (Wildman–Crippen MR) is 344 cm³/mol. The van der Waals surface area contributed by atoms with Crippen LogP contribution in [0.3, 0.4) is 0 Å². The standard InChI is InChI=1S/C73H134O6/c1-4-7-10-13-16-19-22-25-27-29-30-31-32-33-34-35-36-37-38-39-40-41-42-43-44-45-47-48-51-54-57-60-63-66-72(75)78-69-70(68-77-71(74)65-62-59-56-53-50-24-21-18-15-12-9-6-3)79-73(76)67-64-61-58-55-52-49-46-28-26-23-20-17-14-11-8-5-2/h18,20-21,23,28-30,46,70H,4-17,19,22,24-27,31-45,47-69H2,1-3H3/b21-18-,23-20-,30-29-,46-28-. The van der Waals surface area contributed by atoms with E-state index < -0.39 is 6.10 Å². The van der Waals surface area contributed by atoms with Gasteiger partial charge in [0.1, 0.15) is 13.2 Å². The smallest absolute Gasteiger partial charge is 0.306 e. The number of esters is 3. The maximum atomic E-state index is 12.9. The molecule has 1 atom stereocenters. The largest absolute Gasteiger partial charge is 0.462 e. The fourth-order valence-corrected chi connectivity index (χ4v) is 10.5. The Morgan fingerprint density at radius 1 is 0.253 bits per heavy atom. The van der Waals surface area contributed by atoms with Crippen molar-refractivity contribution in [1.29, 1.82) is 0 Å². The summed E-state index contributed by atoms with van der Waals surface area (Å²) in [6.45, 7) is 6.63. The van der Waals surface area contributed by atoms with E-state index in [-0.39, 0.29) is 31.1 Å². The SMILES string of the molecule is CCCCC/C=C\CCCCCCCC(=O)OCC(COC(=O)CCCCCCCCCCCCCCCCCCCCCCC/C=C\CCCCCCCCCC)OC(=O)CCCCCCC/C=C\C/C=C\CCCCCC. The Hall–Kier alpha value is -2.63. The molecule has 0 aliphatic carbocycles. The molecule has 0 aliphatic rings. The molecule has 0 spiro atoms. The molecule has 0 aromatic rings. The van der Waals surface area contributed by atoms with E-state index in [0.717, 1.165) is 89.9 Å². The number of allylic oxidation sites excluding steroid dienone is 8. The first-order chi connectivity index (χ1) is 39.0. The van der Waals surface area contributed by atoms with Crippen LogP contribution in [0.15, 0.2) is 48.6 Å². The normalized spacial score (nSPS) is 12.3. The van der Waals surface area contributed by atoms with E-state index in [1.807, 2.05) is 0 Å². The molecule has 0 saturated carbocycles. The van der Waals surface area contributed by atoms with Gasteiger partial charge >= 0.3 is 17.9 Å². The quantitative estimate of drug-likeness (QED) is 0.0261. The van der Waals surface area contributed by atoms with Crippen LogP contribution in [0.25, 0.3) is 0 Å². The molecule has 0 bridgehead atoms. The summed E-state index contributed by atoms with van der Waals surface area (Å²) >= 11 is 0. The van der Waals surface area contributed by atoms with Crippen LogP contribution in [0.5, 0.6) is 0 Å². The van der Waals surface area contributed by atoms with Gasteiger partial charge in [0.05, 0.1) is 0 Å². The van der Waals surface area contributed by atoms with E-state index in [1.54, 1.807) is 0 Å². The van der Waals surface area contributed by atoms with Crippen molar-refractivity contribution < 1.29 is 28.6 Å². The summed E-state index contributed by atoms with van der Waals surface area (Å²) in [4.78, 5) is 38.3. The van der Waals surface area contributed by atoms with Crippen molar-refractivity contribution in [3.8, 4) is 0 Å². The molecular weight excluding hydrogens is 973 g/mol. The number of unbranched alkanes of at least 4 members (excludes halogenated alkanes) is 46. The molecule has 0 N–H and O–H groups in total. The highest BCUT2D eigenvalue weighted by atomic mass is 16.6. The second-order valence-corrected chi connectivity index (χ2v) is 23.8. The van der Waals surface area contributed by atoms with E-state index in [1.165, 1.54) is 250 Å². The van der Waals surface area contributed by atoms with Crippen LogP contribution >= 0.6 is 0 Å². The van der Waals surface area contributed by atoms with Gasteiger partial charge in [-0.3, -0.25) is 14.4 Å². The van der Waals surface area contributed by atoms with Gasteiger partial charge in [0, 0.05) is 19.3 Å². The van der Waals surface area contributed by atoms with Crippen LogP contribution < -0.4 is 0 Å². The molecule has 0 aliphatic heterocycles. The molecule has 6 heteroatoms. The van der Waals surface area contributed by atoms with Crippen molar-refractivity contribution in [3.63, 3.8) is 0 Å². The lowest BCUT2D eigenvalue weighted by atomic mass is 10.0. The molecule has 462 valence electrons. The Morgan fingerprint density at radius 2 is 0.456 bits per heavy atom. The van der Waals surface area contributed by atoms with Crippen LogP contribution in [0.2, 0.25) is 0 Å². The van der Waals surface area contributed by atoms with Gasteiger partial charge < -0.3 is 14.2 Å². The number of hydrogen-bond acceptors (Lipinski definition) is 6. The van der Waals surface area contributed by atoms with Gasteiger partial charge in [0.2, 0.25) is 0 Å². The second-order valence-electron chi connectivity index (χ2n) is 23.8. The van der Waals surface area contributed by atoms with E-state index in [2.05, 4.69) is 69.4 Å². The van der Waals surface area contributed by atoms with Crippen molar-refractivity contribution in [3.05, 3.63) is 48.6 Å². The summed E-state index contributed by atoms with van der Waals surface area (Å²) in [6, 6.07) is 0. The van der Waals surface area contributed by atoms with Gasteiger partial charge in [-0.15, -0.1) is 0 Å². The van der Waals surface area contributed by atoms with Gasteiger partial charge in [-0.2, -0.15) is 0 Å². The molecule has 0 aromatic carbocycles. The molecule has 1 unspecified atom stereocenters. The third kappa shape index (κ3) is 66.1. The first-order valence-electron chi connectivity index (χ1n) is 35.1. The first kappa shape index (κ1) is 76.4. The highest BCUT2D eigenvalue weighted by molar-refractivity contribution is 5.71. The van der Waals surface area contributed by atoms with Crippen LogP contribution in [0, 0.1) is 0 Å². The van der Waals surface area contributed by atoms with Crippen molar-refractivity contribution in [2.24, 2.45) is 0 Å². The van der Waals surface area contributed by atoms with E-state index >= 15 is 0 Å². The van der Waals surface area contributed by atoms with Crippen LogP contribution in [0.4, 0.5) is 0 Å². The highest BCUT2D eigenvalue weighted by Crippen LogP contribution is 2.18. The van der Waals surface area contributed by atoms with E-state index in [9.17, 15) is 14.4 Å². The Kier molecular flexibility index (Phi) is 65.6. The summed E-state index contributed by atoms with van der Waals surface area (Å²) in [5.74, 6) is -0.881. The molecule has 0 fully saturated rings. The van der Waals surface area contributed by atoms with Crippen molar-refractivity contribution >= 4 is 17.9 Å². The Bertz CT molecular complexity index is 1360. The minimum Gasteiger partial charge on any atom is -0.462 e. The van der Waals surface area contributed by atoms with Crippen molar-refractivity contribution in [2.75, 3.05) is 13.2 Å². The second kappa shape index (κ2) is 67.9. The molecular formula is C73H134O6. The minimum atomic E-state index is -0.782. The summed E-state index contributed by atoms with van der Waals surface area (Å²) in [5, 5.41) is 0. The number of ether oxygens (including phenoxy) is 3. The number of hydrogen-bond donors (Lipinski definition) is 0. The third-order valence-corrected chi connectivity index (χ3v) is 15.8. The number of rotatable bonds is 65. The number of carbonyl (C=O) groups is 3. The van der Waals surface area contributed by atoms with Crippen LogP contribution in [-0.2, 0) is 28.6 Å². The lowest BCUT2D eigenvalue weighted by molar-refractivity contribution is -0.167. The average molecular weight is 1110 g/mol. The van der Waals surface area contributed by atoms with Crippen molar-refractivity contribution in [1.82, 2.24) is 0 Å². The first-order valence-corrected chi connectivity index (χ1v) is 35.1. The van der Waals surface area contributed by atoms with Gasteiger partial charge in [0.25, 0.3) is 0 Å². The highest BCUT2D eigenvalue weighted by Gasteiger charge is 2.19. The van der Waals surface area contributed by atoms with Gasteiger partial charge in [-0.05, 0) is 103 Å². The molecule has 0 saturated heterocycles. The summed E-state index contributed by atoms with van der Waals surface area (Å²) in [7, 11) is 0. The van der Waals surface area contributed by atoms with Crippen LogP contribution in [0.1, 0.15) is 380 Å². The maximum Gasteiger partial charge on any atom is 0.306 e. The molecule has 6 nitrogen and oxygen atoms in total. The zero-order valence-corrected chi connectivity index (χ0v) is 53.2.